The van der Waals surface area contributed by atoms with Crippen molar-refractivity contribution in [3.63, 3.8) is 0 Å². The third-order valence-electron chi connectivity index (χ3n) is 1.11. The minimum atomic E-state index is -0.451. The van der Waals surface area contributed by atoms with Gasteiger partial charge in [0.25, 0.3) is 0 Å². The summed E-state index contributed by atoms with van der Waals surface area (Å²) in [5.41, 5.74) is 0. The molecule has 0 aromatic heterocycles. The standard InChI is InChI=1S/C7H15NO3.V/c1-2-3-6-11-7(10)8-4-5-9;/h9H,2-6H2,1H3,(H,8,10);. The van der Waals surface area contributed by atoms with Gasteiger partial charge in [-0.1, -0.05) is 13.3 Å². The molecule has 12 heavy (non-hydrogen) atoms. The van der Waals surface area contributed by atoms with E-state index < -0.39 is 6.09 Å². The van der Waals surface area contributed by atoms with Gasteiger partial charge in [0.1, 0.15) is 0 Å². The molecule has 1 radical (unpaired) electrons. The first-order chi connectivity index (χ1) is 5.31. The zero-order valence-corrected chi connectivity index (χ0v) is 8.64. The maximum Gasteiger partial charge on any atom is 0.407 e. The Morgan fingerprint density at radius 2 is 2.25 bits per heavy atom. The van der Waals surface area contributed by atoms with Crippen molar-refractivity contribution in [1.82, 2.24) is 5.32 Å². The third kappa shape index (κ3) is 9.81. The molecule has 0 unspecified atom stereocenters. The third-order valence-corrected chi connectivity index (χ3v) is 1.11. The van der Waals surface area contributed by atoms with Gasteiger partial charge < -0.3 is 15.2 Å². The number of carbonyl (C=O) groups is 1. The van der Waals surface area contributed by atoms with E-state index in [1.54, 1.807) is 0 Å². The molecule has 0 rings (SSSR count). The van der Waals surface area contributed by atoms with Crippen LogP contribution in [0.5, 0.6) is 0 Å². The van der Waals surface area contributed by atoms with Crippen molar-refractivity contribution in [3.8, 4) is 0 Å². The number of carbonyl (C=O) groups excluding carboxylic acids is 1. The number of amides is 1. The Bertz CT molecular complexity index is 111. The van der Waals surface area contributed by atoms with Gasteiger partial charge in [0.15, 0.2) is 0 Å². The van der Waals surface area contributed by atoms with Crippen LogP contribution in [0.3, 0.4) is 0 Å². The Morgan fingerprint density at radius 3 is 2.75 bits per heavy atom. The Balaban J connectivity index is 0. The number of aliphatic hydroxyl groups excluding tert-OH is 1. The Morgan fingerprint density at radius 1 is 1.58 bits per heavy atom. The summed E-state index contributed by atoms with van der Waals surface area (Å²) >= 11 is 0. The molecule has 5 heteroatoms. The van der Waals surface area contributed by atoms with Crippen LogP contribution in [-0.2, 0) is 23.3 Å². The van der Waals surface area contributed by atoms with Gasteiger partial charge >= 0.3 is 6.09 Å². The molecule has 0 aromatic carbocycles. The van der Waals surface area contributed by atoms with E-state index in [9.17, 15) is 4.79 Å². The summed E-state index contributed by atoms with van der Waals surface area (Å²) < 4.78 is 4.72. The molecule has 0 heterocycles. The first-order valence-electron chi connectivity index (χ1n) is 3.82. The zero-order chi connectivity index (χ0) is 8.53. The monoisotopic (exact) mass is 212 g/mol. The van der Waals surface area contributed by atoms with E-state index in [0.29, 0.717) is 6.61 Å². The number of nitrogens with one attached hydrogen (secondary N) is 1. The molecule has 0 saturated heterocycles. The van der Waals surface area contributed by atoms with E-state index in [4.69, 9.17) is 9.84 Å². The molecule has 2 N–H and O–H groups in total. The number of rotatable bonds is 5. The quantitative estimate of drug-likeness (QED) is 0.652. The number of alkyl carbamates (subject to hydrolysis) is 1. The maximum absolute atomic E-state index is 10.6. The van der Waals surface area contributed by atoms with Gasteiger partial charge in [-0.25, -0.2) is 4.79 Å². The fourth-order valence-corrected chi connectivity index (χ4v) is 0.518. The van der Waals surface area contributed by atoms with Crippen LogP contribution in [0, 0.1) is 0 Å². The average Bonchev–Trinajstić information content (AvgIpc) is 2.01. The summed E-state index contributed by atoms with van der Waals surface area (Å²) in [5.74, 6) is 0. The Hall–Kier alpha value is -0.186. The van der Waals surface area contributed by atoms with Crippen molar-refractivity contribution in [3.05, 3.63) is 0 Å². The van der Waals surface area contributed by atoms with Crippen molar-refractivity contribution in [1.29, 1.82) is 0 Å². The predicted octanol–water partition coefficient (Wildman–Crippen LogP) is 0.502. The topological polar surface area (TPSA) is 58.6 Å². The summed E-state index contributed by atoms with van der Waals surface area (Å²) in [6.07, 6.45) is 1.44. The van der Waals surface area contributed by atoms with E-state index in [-0.39, 0.29) is 31.7 Å². The van der Waals surface area contributed by atoms with Crippen molar-refractivity contribution in [2.45, 2.75) is 19.8 Å². The largest absolute Gasteiger partial charge is 0.450 e. The fourth-order valence-electron chi connectivity index (χ4n) is 0.518. The molecular weight excluding hydrogens is 197 g/mol. The van der Waals surface area contributed by atoms with Crippen LogP contribution in [0.2, 0.25) is 0 Å². The maximum atomic E-state index is 10.6. The van der Waals surface area contributed by atoms with Gasteiger partial charge in [-0.2, -0.15) is 0 Å². The molecule has 0 fully saturated rings. The van der Waals surface area contributed by atoms with Crippen LogP contribution >= 0.6 is 0 Å². The summed E-state index contributed by atoms with van der Waals surface area (Å²) in [6, 6.07) is 0. The van der Waals surface area contributed by atoms with Crippen molar-refractivity contribution in [2.24, 2.45) is 0 Å². The summed E-state index contributed by atoms with van der Waals surface area (Å²) in [5, 5.41) is 10.7. The second kappa shape index (κ2) is 10.8. The number of hydrogen-bond acceptors (Lipinski definition) is 3. The van der Waals surface area contributed by atoms with Gasteiger partial charge in [-0.15, -0.1) is 0 Å². The number of ether oxygens (including phenoxy) is 1. The SMILES string of the molecule is CCCCOC(=O)NCCO.[V]. The Kier molecular flexibility index (Phi) is 12.9. The van der Waals surface area contributed by atoms with E-state index >= 15 is 0 Å². The van der Waals surface area contributed by atoms with Gasteiger partial charge in [-0.05, 0) is 6.42 Å². The van der Waals surface area contributed by atoms with Crippen molar-refractivity contribution in [2.75, 3.05) is 19.8 Å². The van der Waals surface area contributed by atoms with E-state index in [0.717, 1.165) is 12.8 Å². The van der Waals surface area contributed by atoms with Crippen LogP contribution in [0.1, 0.15) is 19.8 Å². The molecule has 0 spiro atoms. The van der Waals surface area contributed by atoms with E-state index in [2.05, 4.69) is 5.32 Å². The molecule has 0 saturated carbocycles. The van der Waals surface area contributed by atoms with E-state index in [1.807, 2.05) is 6.92 Å². The first kappa shape index (κ1) is 14.3. The van der Waals surface area contributed by atoms with Crippen molar-refractivity contribution >= 4 is 6.09 Å². The molecule has 71 valence electrons. The van der Waals surface area contributed by atoms with Gasteiger partial charge in [-0.3, -0.25) is 0 Å². The average molecular weight is 212 g/mol. The predicted molar refractivity (Wildman–Crippen MR) is 41.3 cm³/mol. The molecular formula is C7H15NO3V. The summed E-state index contributed by atoms with van der Waals surface area (Å²) in [7, 11) is 0. The molecule has 0 aliphatic heterocycles. The number of aliphatic hydroxyl groups is 1. The minimum Gasteiger partial charge on any atom is -0.450 e. The second-order valence-electron chi connectivity index (χ2n) is 2.14. The minimum absolute atomic E-state index is 0. The normalized spacial score (nSPS) is 8.50. The van der Waals surface area contributed by atoms with Gasteiger partial charge in [0.05, 0.1) is 13.2 Å². The van der Waals surface area contributed by atoms with Gasteiger partial charge in [0.2, 0.25) is 0 Å². The molecule has 0 atom stereocenters. The molecule has 0 bridgehead atoms. The number of unbranched alkanes of at least 4 members (excludes halogenated alkanes) is 1. The molecule has 0 aromatic rings. The zero-order valence-electron chi connectivity index (χ0n) is 7.25. The second-order valence-corrected chi connectivity index (χ2v) is 2.14. The Labute approximate surface area is 84.6 Å². The summed E-state index contributed by atoms with van der Waals surface area (Å²) in [4.78, 5) is 10.6. The van der Waals surface area contributed by atoms with Crippen LogP contribution in [0.4, 0.5) is 4.79 Å². The fraction of sp³-hybridized carbons (Fsp3) is 0.857. The van der Waals surface area contributed by atoms with Crippen LogP contribution < -0.4 is 5.32 Å². The number of hydrogen-bond donors (Lipinski definition) is 2. The van der Waals surface area contributed by atoms with Crippen LogP contribution in [-0.4, -0.2) is 31.0 Å². The van der Waals surface area contributed by atoms with Gasteiger partial charge in [0, 0.05) is 25.1 Å². The molecule has 1 amide bonds. The van der Waals surface area contributed by atoms with Crippen molar-refractivity contribution < 1.29 is 33.2 Å². The molecule has 0 aliphatic carbocycles. The molecule has 4 nitrogen and oxygen atoms in total. The summed E-state index contributed by atoms with van der Waals surface area (Å²) in [6.45, 7) is 2.68. The van der Waals surface area contributed by atoms with Crippen LogP contribution in [0.25, 0.3) is 0 Å². The van der Waals surface area contributed by atoms with Crippen LogP contribution in [0.15, 0.2) is 0 Å². The first-order valence-corrected chi connectivity index (χ1v) is 3.82. The smallest absolute Gasteiger partial charge is 0.407 e. The van der Waals surface area contributed by atoms with E-state index in [1.165, 1.54) is 0 Å². The molecule has 0 aliphatic rings.